The summed E-state index contributed by atoms with van der Waals surface area (Å²) in [6.45, 7) is 1.53. The summed E-state index contributed by atoms with van der Waals surface area (Å²) in [6.07, 6.45) is 10.3. The van der Waals surface area contributed by atoms with Crippen molar-refractivity contribution in [1.82, 2.24) is 24.7 Å². The molecule has 1 saturated heterocycles. The average molecular weight is 348 g/mol. The molecule has 0 saturated carbocycles. The molecule has 7 heteroatoms. The minimum absolute atomic E-state index is 0.00856. The van der Waals surface area contributed by atoms with E-state index >= 15 is 0 Å². The lowest BCUT2D eigenvalue weighted by atomic mass is 10.2. The molecular weight excluding hydrogens is 328 g/mol. The predicted molar refractivity (Wildman–Crippen MR) is 98.2 cm³/mol. The van der Waals surface area contributed by atoms with Gasteiger partial charge < -0.3 is 4.90 Å². The highest BCUT2D eigenvalue weighted by Crippen LogP contribution is 2.29. The number of pyridine rings is 1. The van der Waals surface area contributed by atoms with E-state index in [4.69, 9.17) is 0 Å². The molecule has 26 heavy (non-hydrogen) atoms. The first-order valence-electron chi connectivity index (χ1n) is 9.21. The summed E-state index contributed by atoms with van der Waals surface area (Å²) in [5, 5.41) is 5.64. The fraction of sp³-hybridized carbons (Fsp3) is 0.421. The lowest BCUT2D eigenvalue weighted by Gasteiger charge is -2.26. The van der Waals surface area contributed by atoms with Crippen LogP contribution in [0.4, 0.5) is 5.82 Å². The van der Waals surface area contributed by atoms with Crippen LogP contribution in [0.3, 0.4) is 0 Å². The molecule has 3 aromatic rings. The molecule has 0 spiro atoms. The zero-order chi connectivity index (χ0) is 17.5. The van der Waals surface area contributed by atoms with Crippen LogP contribution >= 0.6 is 0 Å². The van der Waals surface area contributed by atoms with Gasteiger partial charge in [-0.25, -0.2) is 14.6 Å². The summed E-state index contributed by atoms with van der Waals surface area (Å²) in [5.74, 6) is 0.925. The number of nitrogens with zero attached hydrogens (tertiary/aromatic N) is 6. The Bertz CT molecular complexity index is 1020. The summed E-state index contributed by atoms with van der Waals surface area (Å²) in [7, 11) is 0. The van der Waals surface area contributed by atoms with E-state index < -0.39 is 0 Å². The number of rotatable bonds is 3. The lowest BCUT2D eigenvalue weighted by molar-refractivity contribution is 0.482. The highest BCUT2D eigenvalue weighted by molar-refractivity contribution is 5.88. The Kier molecular flexibility index (Phi) is 3.65. The SMILES string of the molecule is O=c1cc2c(nn1CC1CCCN1c1ncnc3cnccc13)CCC2. The van der Waals surface area contributed by atoms with E-state index in [0.717, 1.165) is 66.6 Å². The normalized spacial score (nSPS) is 19.2. The van der Waals surface area contributed by atoms with Crippen molar-refractivity contribution in [3.8, 4) is 0 Å². The number of anilines is 1. The molecule has 0 N–H and O–H groups in total. The van der Waals surface area contributed by atoms with Crippen LogP contribution in [0, 0.1) is 0 Å². The smallest absolute Gasteiger partial charge is 0.267 e. The van der Waals surface area contributed by atoms with Gasteiger partial charge in [-0.1, -0.05) is 0 Å². The van der Waals surface area contributed by atoms with E-state index in [2.05, 4.69) is 25.0 Å². The quantitative estimate of drug-likeness (QED) is 0.717. The van der Waals surface area contributed by atoms with Gasteiger partial charge in [0.25, 0.3) is 5.56 Å². The van der Waals surface area contributed by atoms with Crippen LogP contribution in [0.1, 0.15) is 30.5 Å². The van der Waals surface area contributed by atoms with Gasteiger partial charge in [-0.15, -0.1) is 0 Å². The highest BCUT2D eigenvalue weighted by atomic mass is 16.1. The lowest BCUT2D eigenvalue weighted by Crippen LogP contribution is -2.38. The minimum atomic E-state index is 0.00856. The first kappa shape index (κ1) is 15.4. The van der Waals surface area contributed by atoms with Gasteiger partial charge >= 0.3 is 0 Å². The van der Waals surface area contributed by atoms with Crippen molar-refractivity contribution >= 4 is 16.7 Å². The maximum Gasteiger partial charge on any atom is 0.267 e. The minimum Gasteiger partial charge on any atom is -0.351 e. The summed E-state index contributed by atoms with van der Waals surface area (Å²) >= 11 is 0. The van der Waals surface area contributed by atoms with Crippen molar-refractivity contribution in [3.63, 3.8) is 0 Å². The second-order valence-electron chi connectivity index (χ2n) is 7.07. The predicted octanol–water partition coefficient (Wildman–Crippen LogP) is 1.74. The third-order valence-corrected chi connectivity index (χ3v) is 5.47. The largest absolute Gasteiger partial charge is 0.351 e. The van der Waals surface area contributed by atoms with Crippen molar-refractivity contribution in [2.75, 3.05) is 11.4 Å². The van der Waals surface area contributed by atoms with Crippen molar-refractivity contribution < 1.29 is 0 Å². The van der Waals surface area contributed by atoms with Gasteiger partial charge in [0.15, 0.2) is 0 Å². The van der Waals surface area contributed by atoms with Gasteiger partial charge in [-0.05, 0) is 43.7 Å². The van der Waals surface area contributed by atoms with Crippen molar-refractivity contribution in [2.45, 2.75) is 44.7 Å². The molecule has 1 aliphatic carbocycles. The molecule has 2 aliphatic rings. The maximum atomic E-state index is 12.5. The maximum absolute atomic E-state index is 12.5. The van der Waals surface area contributed by atoms with Crippen LogP contribution in [0.15, 0.2) is 35.6 Å². The Labute approximate surface area is 150 Å². The van der Waals surface area contributed by atoms with E-state index in [1.807, 2.05) is 6.07 Å². The van der Waals surface area contributed by atoms with Gasteiger partial charge in [-0.2, -0.15) is 5.10 Å². The van der Waals surface area contributed by atoms with Crippen LogP contribution in [-0.2, 0) is 19.4 Å². The Hall–Kier alpha value is -2.83. The van der Waals surface area contributed by atoms with E-state index in [1.54, 1.807) is 29.5 Å². The second-order valence-corrected chi connectivity index (χ2v) is 7.07. The molecule has 1 unspecified atom stereocenters. The van der Waals surface area contributed by atoms with Crippen LogP contribution in [0.5, 0.6) is 0 Å². The molecule has 0 amide bonds. The van der Waals surface area contributed by atoms with Crippen molar-refractivity contribution in [2.24, 2.45) is 0 Å². The molecule has 1 atom stereocenters. The number of aromatic nitrogens is 5. The van der Waals surface area contributed by atoms with Gasteiger partial charge in [0.2, 0.25) is 0 Å². The first-order chi connectivity index (χ1) is 12.8. The monoisotopic (exact) mass is 348 g/mol. The van der Waals surface area contributed by atoms with E-state index in [1.165, 1.54) is 0 Å². The molecular formula is C19H20N6O. The second kappa shape index (κ2) is 6.16. The number of hydrogen-bond acceptors (Lipinski definition) is 6. The van der Waals surface area contributed by atoms with Crippen molar-refractivity contribution in [3.05, 3.63) is 52.5 Å². The standard InChI is InChI=1S/C19H20N6O/c26-18-9-13-3-1-5-16(13)23-25(18)11-14-4-2-8-24(14)19-15-6-7-20-10-17(15)21-12-22-19/h6-7,9-10,12,14H,1-5,8,11H2. The van der Waals surface area contributed by atoms with Crippen LogP contribution in [0.25, 0.3) is 10.9 Å². The van der Waals surface area contributed by atoms with Crippen molar-refractivity contribution in [1.29, 1.82) is 0 Å². The van der Waals surface area contributed by atoms with Gasteiger partial charge in [-0.3, -0.25) is 9.78 Å². The Morgan fingerprint density at radius 2 is 2.15 bits per heavy atom. The van der Waals surface area contributed by atoms with Crippen LogP contribution < -0.4 is 10.5 Å². The summed E-state index contributed by atoms with van der Waals surface area (Å²) < 4.78 is 1.65. The molecule has 5 rings (SSSR count). The molecule has 0 bridgehead atoms. The molecule has 3 aromatic heterocycles. The molecule has 1 fully saturated rings. The van der Waals surface area contributed by atoms with E-state index in [-0.39, 0.29) is 11.6 Å². The third-order valence-electron chi connectivity index (χ3n) is 5.47. The Morgan fingerprint density at radius 1 is 1.19 bits per heavy atom. The van der Waals surface area contributed by atoms with E-state index in [0.29, 0.717) is 6.54 Å². The fourth-order valence-corrected chi connectivity index (χ4v) is 4.20. The van der Waals surface area contributed by atoms with Gasteiger partial charge in [0.05, 0.1) is 30.0 Å². The van der Waals surface area contributed by atoms with Crippen LogP contribution in [0.2, 0.25) is 0 Å². The average Bonchev–Trinajstić information content (AvgIpc) is 3.30. The number of aryl methyl sites for hydroxylation is 2. The molecule has 4 heterocycles. The molecule has 0 aromatic carbocycles. The molecule has 1 aliphatic heterocycles. The molecule has 132 valence electrons. The fourth-order valence-electron chi connectivity index (χ4n) is 4.20. The highest BCUT2D eigenvalue weighted by Gasteiger charge is 2.28. The summed E-state index contributed by atoms with van der Waals surface area (Å²) in [4.78, 5) is 27.8. The molecule has 0 radical (unpaired) electrons. The third kappa shape index (κ3) is 2.55. The van der Waals surface area contributed by atoms with Gasteiger partial charge in [0.1, 0.15) is 12.1 Å². The Morgan fingerprint density at radius 3 is 3.12 bits per heavy atom. The van der Waals surface area contributed by atoms with Crippen LogP contribution in [-0.4, -0.2) is 37.3 Å². The first-order valence-corrected chi connectivity index (χ1v) is 9.21. The topological polar surface area (TPSA) is 76.8 Å². The number of fused-ring (bicyclic) bond motifs is 2. The zero-order valence-electron chi connectivity index (χ0n) is 14.5. The van der Waals surface area contributed by atoms with Gasteiger partial charge in [0, 0.05) is 24.2 Å². The summed E-state index contributed by atoms with van der Waals surface area (Å²) in [5.41, 5.74) is 3.07. The summed E-state index contributed by atoms with van der Waals surface area (Å²) in [6, 6.07) is 3.95. The van der Waals surface area contributed by atoms with E-state index in [9.17, 15) is 4.79 Å². The molecule has 7 nitrogen and oxygen atoms in total. The Balaban J connectivity index is 1.49. The zero-order valence-corrected chi connectivity index (χ0v) is 14.5. The number of hydrogen-bond donors (Lipinski definition) is 0.